The summed E-state index contributed by atoms with van der Waals surface area (Å²) in [7, 11) is 0. The van der Waals surface area contributed by atoms with Gasteiger partial charge in [0.1, 0.15) is 0 Å². The minimum absolute atomic E-state index is 0.117. The Hall–Kier alpha value is -2.34. The van der Waals surface area contributed by atoms with Crippen LogP contribution in [-0.4, -0.2) is 22.1 Å². The summed E-state index contributed by atoms with van der Waals surface area (Å²) < 4.78 is 4.49. The quantitative estimate of drug-likeness (QED) is 0.901. The third kappa shape index (κ3) is 2.92. The Kier molecular flexibility index (Phi) is 3.52. The maximum atomic E-state index is 11.8. The standard InChI is InChI=1S/C12H9ClN2O4/c1-6-2-3-7(4-8(6)13)14-11(16)9-5-10(12(17)18)19-15-9/h2-5H,1H3,(H,14,16)(H,17,18). The van der Waals surface area contributed by atoms with Crippen molar-refractivity contribution in [2.45, 2.75) is 6.92 Å². The van der Waals surface area contributed by atoms with Crippen molar-refractivity contribution in [2.75, 3.05) is 5.32 Å². The smallest absolute Gasteiger partial charge is 0.374 e. The van der Waals surface area contributed by atoms with E-state index in [1.165, 1.54) is 0 Å². The third-order valence-electron chi connectivity index (χ3n) is 2.38. The van der Waals surface area contributed by atoms with Crippen molar-refractivity contribution in [1.82, 2.24) is 5.16 Å². The number of aromatic carboxylic acids is 1. The molecule has 2 rings (SSSR count). The van der Waals surface area contributed by atoms with Gasteiger partial charge in [0.15, 0.2) is 5.69 Å². The molecule has 0 fully saturated rings. The number of nitrogens with one attached hydrogen (secondary N) is 1. The van der Waals surface area contributed by atoms with Crippen LogP contribution in [0.3, 0.4) is 0 Å². The lowest BCUT2D eigenvalue weighted by atomic mass is 10.2. The number of hydrogen-bond acceptors (Lipinski definition) is 4. The molecule has 2 aromatic rings. The molecule has 7 heteroatoms. The van der Waals surface area contributed by atoms with E-state index in [4.69, 9.17) is 16.7 Å². The second kappa shape index (κ2) is 5.11. The van der Waals surface area contributed by atoms with Gasteiger partial charge < -0.3 is 14.9 Å². The number of amides is 1. The maximum absolute atomic E-state index is 11.8. The number of nitrogens with zero attached hydrogens (tertiary/aromatic N) is 1. The molecular weight excluding hydrogens is 272 g/mol. The second-order valence-corrected chi connectivity index (χ2v) is 4.21. The summed E-state index contributed by atoms with van der Waals surface area (Å²) in [5.74, 6) is -2.26. The molecule has 98 valence electrons. The summed E-state index contributed by atoms with van der Waals surface area (Å²) in [6.45, 7) is 1.84. The zero-order valence-electron chi connectivity index (χ0n) is 9.81. The van der Waals surface area contributed by atoms with Crippen LogP contribution in [0.1, 0.15) is 26.6 Å². The molecule has 2 N–H and O–H groups in total. The van der Waals surface area contributed by atoms with Gasteiger partial charge >= 0.3 is 5.97 Å². The molecule has 0 unspecified atom stereocenters. The lowest BCUT2D eigenvalue weighted by molar-refractivity contribution is 0.0651. The highest BCUT2D eigenvalue weighted by atomic mass is 35.5. The van der Waals surface area contributed by atoms with Gasteiger partial charge in [-0.2, -0.15) is 0 Å². The van der Waals surface area contributed by atoms with Gasteiger partial charge in [-0.3, -0.25) is 4.79 Å². The molecule has 0 aliphatic heterocycles. The predicted octanol–water partition coefficient (Wildman–Crippen LogP) is 2.59. The summed E-state index contributed by atoms with van der Waals surface area (Å²) in [5.41, 5.74) is 1.25. The average molecular weight is 281 g/mol. The first kappa shape index (κ1) is 13.1. The highest BCUT2D eigenvalue weighted by Crippen LogP contribution is 2.20. The summed E-state index contributed by atoms with van der Waals surface area (Å²) in [5, 5.41) is 15.1. The molecular formula is C12H9ClN2O4. The van der Waals surface area contributed by atoms with E-state index in [9.17, 15) is 9.59 Å². The Labute approximate surface area is 113 Å². The zero-order chi connectivity index (χ0) is 14.0. The third-order valence-corrected chi connectivity index (χ3v) is 2.79. The second-order valence-electron chi connectivity index (χ2n) is 3.80. The Bertz CT molecular complexity index is 651. The van der Waals surface area contributed by atoms with Crippen molar-refractivity contribution in [1.29, 1.82) is 0 Å². The fourth-order valence-corrected chi connectivity index (χ4v) is 1.53. The van der Waals surface area contributed by atoms with Crippen LogP contribution in [0.2, 0.25) is 5.02 Å². The number of aryl methyl sites for hydroxylation is 1. The first-order valence-electron chi connectivity index (χ1n) is 5.25. The van der Waals surface area contributed by atoms with Crippen molar-refractivity contribution in [2.24, 2.45) is 0 Å². The fraction of sp³-hybridized carbons (Fsp3) is 0.0833. The van der Waals surface area contributed by atoms with Gasteiger partial charge in [0, 0.05) is 16.8 Å². The van der Waals surface area contributed by atoms with E-state index in [0.717, 1.165) is 11.6 Å². The number of rotatable bonds is 3. The average Bonchev–Trinajstić information content (AvgIpc) is 2.83. The van der Waals surface area contributed by atoms with E-state index in [-0.39, 0.29) is 5.69 Å². The Morgan fingerprint density at radius 2 is 2.11 bits per heavy atom. The first-order chi connectivity index (χ1) is 8.97. The molecule has 0 aliphatic carbocycles. The molecule has 1 aromatic carbocycles. The van der Waals surface area contributed by atoms with Crippen molar-refractivity contribution in [3.05, 3.63) is 46.3 Å². The number of carbonyl (C=O) groups is 2. The molecule has 1 amide bonds. The Balaban J connectivity index is 2.15. The fourth-order valence-electron chi connectivity index (χ4n) is 1.35. The van der Waals surface area contributed by atoms with E-state index in [1.54, 1.807) is 18.2 Å². The van der Waals surface area contributed by atoms with Gasteiger partial charge in [-0.1, -0.05) is 22.8 Å². The summed E-state index contributed by atoms with van der Waals surface area (Å²) in [6, 6.07) is 6.07. The number of carboxylic acid groups (broad SMARTS) is 1. The number of benzene rings is 1. The van der Waals surface area contributed by atoms with Crippen LogP contribution in [0, 0.1) is 6.92 Å². The van der Waals surface area contributed by atoms with E-state index >= 15 is 0 Å². The number of carboxylic acids is 1. The molecule has 0 bridgehead atoms. The number of carbonyl (C=O) groups excluding carboxylic acids is 1. The van der Waals surface area contributed by atoms with Crippen LogP contribution in [-0.2, 0) is 0 Å². The first-order valence-corrected chi connectivity index (χ1v) is 5.62. The molecule has 1 aromatic heterocycles. The van der Waals surface area contributed by atoms with Gasteiger partial charge in [0.25, 0.3) is 5.91 Å². The van der Waals surface area contributed by atoms with Crippen molar-refractivity contribution < 1.29 is 19.2 Å². The number of aromatic nitrogens is 1. The van der Waals surface area contributed by atoms with Crippen LogP contribution in [0.4, 0.5) is 5.69 Å². The summed E-state index contributed by atoms with van der Waals surface area (Å²) in [6.07, 6.45) is 0. The Morgan fingerprint density at radius 3 is 2.68 bits per heavy atom. The molecule has 19 heavy (non-hydrogen) atoms. The number of hydrogen-bond donors (Lipinski definition) is 2. The van der Waals surface area contributed by atoms with Crippen LogP contribution in [0.5, 0.6) is 0 Å². The minimum atomic E-state index is -1.29. The highest BCUT2D eigenvalue weighted by Gasteiger charge is 2.16. The number of anilines is 1. The lowest BCUT2D eigenvalue weighted by Crippen LogP contribution is -2.12. The lowest BCUT2D eigenvalue weighted by Gasteiger charge is -2.04. The highest BCUT2D eigenvalue weighted by molar-refractivity contribution is 6.31. The van der Waals surface area contributed by atoms with E-state index in [2.05, 4.69) is 15.0 Å². The molecule has 1 heterocycles. The van der Waals surface area contributed by atoms with Crippen molar-refractivity contribution >= 4 is 29.2 Å². The van der Waals surface area contributed by atoms with Gasteiger partial charge in [-0.05, 0) is 24.6 Å². The molecule has 0 aliphatic rings. The predicted molar refractivity (Wildman–Crippen MR) is 67.6 cm³/mol. The van der Waals surface area contributed by atoms with Crippen molar-refractivity contribution in [3.63, 3.8) is 0 Å². The molecule has 6 nitrogen and oxygen atoms in total. The van der Waals surface area contributed by atoms with Crippen LogP contribution >= 0.6 is 11.6 Å². The van der Waals surface area contributed by atoms with Gasteiger partial charge in [0.2, 0.25) is 5.76 Å². The summed E-state index contributed by atoms with van der Waals surface area (Å²) >= 11 is 5.93. The zero-order valence-corrected chi connectivity index (χ0v) is 10.6. The molecule has 0 atom stereocenters. The molecule has 0 spiro atoms. The van der Waals surface area contributed by atoms with Gasteiger partial charge in [0.05, 0.1) is 0 Å². The topological polar surface area (TPSA) is 92.4 Å². The van der Waals surface area contributed by atoms with Gasteiger partial charge in [-0.25, -0.2) is 4.79 Å². The SMILES string of the molecule is Cc1ccc(NC(=O)c2cc(C(=O)O)on2)cc1Cl. The van der Waals surface area contributed by atoms with Crippen molar-refractivity contribution in [3.8, 4) is 0 Å². The monoisotopic (exact) mass is 280 g/mol. The normalized spacial score (nSPS) is 10.2. The van der Waals surface area contributed by atoms with Crippen LogP contribution < -0.4 is 5.32 Å². The van der Waals surface area contributed by atoms with E-state index in [1.807, 2.05) is 6.92 Å². The maximum Gasteiger partial charge on any atom is 0.374 e. The van der Waals surface area contributed by atoms with Crippen LogP contribution in [0.15, 0.2) is 28.8 Å². The molecule has 0 radical (unpaired) electrons. The minimum Gasteiger partial charge on any atom is -0.475 e. The largest absolute Gasteiger partial charge is 0.475 e. The number of halogens is 1. The molecule has 0 saturated heterocycles. The Morgan fingerprint density at radius 1 is 1.37 bits per heavy atom. The van der Waals surface area contributed by atoms with Crippen LogP contribution in [0.25, 0.3) is 0 Å². The summed E-state index contributed by atoms with van der Waals surface area (Å²) in [4.78, 5) is 22.4. The van der Waals surface area contributed by atoms with E-state index < -0.39 is 17.6 Å². The molecule has 0 saturated carbocycles. The van der Waals surface area contributed by atoms with Gasteiger partial charge in [-0.15, -0.1) is 0 Å². The van der Waals surface area contributed by atoms with E-state index in [0.29, 0.717) is 10.7 Å².